The average Bonchev–Trinajstić information content (AvgIpc) is 3.43. The maximum atomic E-state index is 11.5. The normalized spacial score (nSPS) is 21.0. The quantitative estimate of drug-likeness (QED) is 0.505. The number of ether oxygens (including phenoxy) is 2. The largest absolute Gasteiger partial charge is 0.373 e. The van der Waals surface area contributed by atoms with Crippen molar-refractivity contribution in [3.8, 4) is 0 Å². The third-order valence-corrected chi connectivity index (χ3v) is 4.52. The second kappa shape index (κ2) is 10.0. The van der Waals surface area contributed by atoms with Crippen LogP contribution >= 0.6 is 0 Å². The predicted octanol–water partition coefficient (Wildman–Crippen LogP) is 5.30. The minimum Gasteiger partial charge on any atom is -0.373 e. The first-order chi connectivity index (χ1) is 13.1. The van der Waals surface area contributed by atoms with Crippen molar-refractivity contribution < 1.29 is 14.3 Å². The summed E-state index contributed by atoms with van der Waals surface area (Å²) in [6.07, 6.45) is 9.24. The molecule has 0 aliphatic carbocycles. The molecule has 3 rings (SSSR count). The topological polar surface area (TPSA) is 59.9 Å². The summed E-state index contributed by atoms with van der Waals surface area (Å²) in [6, 6.07) is 0. The van der Waals surface area contributed by atoms with Gasteiger partial charge in [-0.25, -0.2) is 4.98 Å². The standard InChI is InChI=1S/C11H16N2O.C7H14O.C6H12O/c1-11(2,3)9(14)5-6-10-12-7-8-13(10)4;1-7(2,3)4-6-5-8-6;1-6(2,3)5-4-7-5/h5-8H,1-4H3;6H,4-5H2,1-3H3;5H,4H2,1-3H3/b6-5+;;. The molecule has 2 fully saturated rings. The van der Waals surface area contributed by atoms with Gasteiger partial charge >= 0.3 is 0 Å². The van der Waals surface area contributed by atoms with Crippen LogP contribution in [0.4, 0.5) is 0 Å². The Hall–Kier alpha value is -1.46. The zero-order valence-corrected chi connectivity index (χ0v) is 20.2. The molecule has 0 bridgehead atoms. The van der Waals surface area contributed by atoms with Crippen molar-refractivity contribution in [1.82, 2.24) is 9.55 Å². The maximum Gasteiger partial charge on any atom is 0.161 e. The van der Waals surface area contributed by atoms with E-state index < -0.39 is 0 Å². The van der Waals surface area contributed by atoms with E-state index in [1.54, 1.807) is 18.3 Å². The van der Waals surface area contributed by atoms with Crippen molar-refractivity contribution in [1.29, 1.82) is 0 Å². The molecule has 2 saturated heterocycles. The van der Waals surface area contributed by atoms with Crippen LogP contribution in [0.2, 0.25) is 0 Å². The first-order valence-electron chi connectivity index (χ1n) is 10.5. The lowest BCUT2D eigenvalue weighted by Crippen LogP contribution is -2.17. The van der Waals surface area contributed by atoms with Crippen LogP contribution < -0.4 is 0 Å². The number of hydrogen-bond donors (Lipinski definition) is 0. The molecular formula is C24H42N2O3. The van der Waals surface area contributed by atoms with E-state index in [1.807, 2.05) is 38.6 Å². The molecule has 0 aromatic carbocycles. The van der Waals surface area contributed by atoms with Crippen molar-refractivity contribution in [2.45, 2.75) is 80.9 Å². The number of aromatic nitrogens is 2. The first-order valence-corrected chi connectivity index (χ1v) is 10.5. The lowest BCUT2D eigenvalue weighted by molar-refractivity contribution is -0.121. The highest BCUT2D eigenvalue weighted by atomic mass is 16.6. The zero-order valence-electron chi connectivity index (χ0n) is 20.2. The van der Waals surface area contributed by atoms with E-state index >= 15 is 0 Å². The summed E-state index contributed by atoms with van der Waals surface area (Å²) in [5, 5.41) is 0. The van der Waals surface area contributed by atoms with Gasteiger partial charge in [0.2, 0.25) is 0 Å². The highest BCUT2D eigenvalue weighted by molar-refractivity contribution is 5.96. The Balaban J connectivity index is 0.000000237. The van der Waals surface area contributed by atoms with E-state index in [0.29, 0.717) is 23.0 Å². The summed E-state index contributed by atoms with van der Waals surface area (Å²) in [5.41, 5.74) is 0.531. The smallest absolute Gasteiger partial charge is 0.161 e. The summed E-state index contributed by atoms with van der Waals surface area (Å²) in [4.78, 5) is 15.6. The van der Waals surface area contributed by atoms with Gasteiger partial charge in [0.25, 0.3) is 0 Å². The number of nitrogens with zero attached hydrogens (tertiary/aromatic N) is 2. The maximum absolute atomic E-state index is 11.5. The van der Waals surface area contributed by atoms with Gasteiger partial charge in [0.1, 0.15) is 5.82 Å². The Kier molecular flexibility index (Phi) is 8.85. The molecule has 0 amide bonds. The van der Waals surface area contributed by atoms with Gasteiger partial charge in [0.05, 0.1) is 25.4 Å². The third-order valence-electron chi connectivity index (χ3n) is 4.52. The van der Waals surface area contributed by atoms with E-state index in [1.165, 1.54) is 6.42 Å². The fraction of sp³-hybridized carbons (Fsp3) is 0.750. The summed E-state index contributed by atoms with van der Waals surface area (Å²) in [5.74, 6) is 0.906. The first kappa shape index (κ1) is 25.6. The molecule has 3 heterocycles. The Labute approximate surface area is 177 Å². The van der Waals surface area contributed by atoms with Crippen molar-refractivity contribution in [2.24, 2.45) is 23.3 Å². The summed E-state index contributed by atoms with van der Waals surface area (Å²) in [6.45, 7) is 21.0. The van der Waals surface area contributed by atoms with Gasteiger partial charge in [-0.15, -0.1) is 0 Å². The fourth-order valence-corrected chi connectivity index (χ4v) is 2.35. The van der Waals surface area contributed by atoms with Gasteiger partial charge in [0.15, 0.2) is 5.78 Å². The van der Waals surface area contributed by atoms with Gasteiger partial charge < -0.3 is 14.0 Å². The molecule has 166 valence electrons. The second-order valence-corrected chi connectivity index (χ2v) is 11.3. The van der Waals surface area contributed by atoms with Crippen molar-refractivity contribution in [2.75, 3.05) is 13.2 Å². The van der Waals surface area contributed by atoms with Crippen LogP contribution in [0.25, 0.3) is 6.08 Å². The molecule has 2 aliphatic rings. The number of imidazole rings is 1. The number of carbonyl (C=O) groups excluding carboxylic acids is 1. The summed E-state index contributed by atoms with van der Waals surface area (Å²) >= 11 is 0. The van der Waals surface area contributed by atoms with Crippen LogP contribution in [0, 0.1) is 16.2 Å². The zero-order chi connectivity index (χ0) is 22.5. The SMILES string of the molecule is CC(C)(C)C1CO1.CC(C)(C)CC1CO1.Cn1ccnc1/C=C/C(=O)C(C)(C)C. The lowest BCUT2D eigenvalue weighted by atomic mass is 9.91. The number of allylic oxidation sites excluding steroid dienone is 1. The van der Waals surface area contributed by atoms with E-state index in [9.17, 15) is 4.79 Å². The number of aryl methyl sites for hydroxylation is 1. The Morgan fingerprint density at radius 3 is 1.90 bits per heavy atom. The molecule has 5 heteroatoms. The van der Waals surface area contributed by atoms with E-state index in [-0.39, 0.29) is 11.2 Å². The van der Waals surface area contributed by atoms with Crippen molar-refractivity contribution in [3.63, 3.8) is 0 Å². The van der Waals surface area contributed by atoms with Crippen molar-refractivity contribution >= 4 is 11.9 Å². The molecule has 2 aliphatic heterocycles. The highest BCUT2D eigenvalue weighted by Crippen LogP contribution is 2.30. The van der Waals surface area contributed by atoms with Gasteiger partial charge in [-0.2, -0.15) is 0 Å². The molecule has 0 spiro atoms. The van der Waals surface area contributed by atoms with Crippen molar-refractivity contribution in [3.05, 3.63) is 24.3 Å². The molecule has 5 nitrogen and oxygen atoms in total. The van der Waals surface area contributed by atoms with Crippen LogP contribution in [0.1, 0.15) is 74.6 Å². The monoisotopic (exact) mass is 406 g/mol. The predicted molar refractivity (Wildman–Crippen MR) is 120 cm³/mol. The average molecular weight is 407 g/mol. The number of rotatable bonds is 3. The molecular weight excluding hydrogens is 364 g/mol. The van der Waals surface area contributed by atoms with Gasteiger partial charge in [-0.1, -0.05) is 62.3 Å². The minimum absolute atomic E-state index is 0.112. The van der Waals surface area contributed by atoms with Crippen LogP contribution in [-0.4, -0.2) is 40.8 Å². The van der Waals surface area contributed by atoms with E-state index in [2.05, 4.69) is 46.5 Å². The molecule has 0 N–H and O–H groups in total. The molecule has 0 saturated carbocycles. The third kappa shape index (κ3) is 12.0. The second-order valence-electron chi connectivity index (χ2n) is 11.3. The molecule has 2 unspecified atom stereocenters. The lowest BCUT2D eigenvalue weighted by Gasteiger charge is -2.15. The summed E-state index contributed by atoms with van der Waals surface area (Å²) in [7, 11) is 1.90. The Morgan fingerprint density at radius 2 is 1.66 bits per heavy atom. The summed E-state index contributed by atoms with van der Waals surface area (Å²) < 4.78 is 12.0. The van der Waals surface area contributed by atoms with Gasteiger partial charge in [-0.05, 0) is 29.4 Å². The van der Waals surface area contributed by atoms with Crippen LogP contribution in [0.3, 0.4) is 0 Å². The molecule has 1 aromatic heterocycles. The molecule has 2 atom stereocenters. The minimum atomic E-state index is -0.318. The van der Waals surface area contributed by atoms with E-state index in [0.717, 1.165) is 19.0 Å². The Morgan fingerprint density at radius 1 is 1.10 bits per heavy atom. The fourth-order valence-electron chi connectivity index (χ4n) is 2.35. The van der Waals surface area contributed by atoms with Crippen LogP contribution in [0.15, 0.2) is 18.5 Å². The highest BCUT2D eigenvalue weighted by Gasteiger charge is 2.35. The van der Waals surface area contributed by atoms with Crippen LogP contribution in [0.5, 0.6) is 0 Å². The van der Waals surface area contributed by atoms with Crippen LogP contribution in [-0.2, 0) is 21.3 Å². The number of carbonyl (C=O) groups is 1. The Bertz CT molecular complexity index is 662. The molecule has 0 radical (unpaired) electrons. The number of epoxide rings is 2. The van der Waals surface area contributed by atoms with E-state index in [4.69, 9.17) is 9.47 Å². The van der Waals surface area contributed by atoms with Gasteiger partial charge in [0, 0.05) is 24.9 Å². The number of hydrogen-bond acceptors (Lipinski definition) is 4. The molecule has 1 aromatic rings. The molecule has 29 heavy (non-hydrogen) atoms. The van der Waals surface area contributed by atoms with Gasteiger partial charge in [-0.3, -0.25) is 4.79 Å². The number of ketones is 1.